The molecule has 0 aromatic heterocycles. The zero-order valence-electron chi connectivity index (χ0n) is 15.8. The zero-order chi connectivity index (χ0) is 18.4. The van der Waals surface area contributed by atoms with E-state index in [-0.39, 0.29) is 24.4 Å². The lowest BCUT2D eigenvalue weighted by Crippen LogP contribution is -2.43. The highest BCUT2D eigenvalue weighted by Crippen LogP contribution is 2.37. The summed E-state index contributed by atoms with van der Waals surface area (Å²) in [5.41, 5.74) is 1.61. The number of piperidine rings is 1. The Balaban J connectivity index is 1.69. The maximum Gasteiger partial charge on any atom is 0.494 e. The van der Waals surface area contributed by atoms with Gasteiger partial charge in [0.15, 0.2) is 0 Å². The fourth-order valence-electron chi connectivity index (χ4n) is 3.66. The van der Waals surface area contributed by atoms with E-state index in [1.54, 1.807) is 0 Å². The maximum absolute atomic E-state index is 11.2. The van der Waals surface area contributed by atoms with Gasteiger partial charge in [0, 0.05) is 12.6 Å². The molecule has 0 bridgehead atoms. The largest absolute Gasteiger partial charge is 0.494 e. The molecule has 1 N–H and O–H groups in total. The molecule has 6 heteroatoms. The molecule has 2 atom stereocenters. The van der Waals surface area contributed by atoms with Gasteiger partial charge in [-0.1, -0.05) is 24.3 Å². The molecule has 2 saturated heterocycles. The highest BCUT2D eigenvalue weighted by molar-refractivity contribution is 6.62. The summed E-state index contributed by atoms with van der Waals surface area (Å²) in [6.07, 6.45) is 0.913. The molecule has 0 saturated carbocycles. The predicted octanol–water partition coefficient (Wildman–Crippen LogP) is 3.23. The van der Waals surface area contributed by atoms with Gasteiger partial charge in [-0.3, -0.25) is 0 Å². The van der Waals surface area contributed by atoms with Gasteiger partial charge in [-0.2, -0.15) is 0 Å². The molecular formula is C19H28BNO4. The number of hydrogen-bond donors (Lipinski definition) is 1. The SMILES string of the molecule is CC1CC(c2ccc(B3OC(C)(C)C(C)(C)O3)cc2)CCN1C(=O)O. The number of rotatable bonds is 2. The van der Waals surface area contributed by atoms with Crippen molar-refractivity contribution in [2.24, 2.45) is 0 Å². The van der Waals surface area contributed by atoms with Gasteiger partial charge in [0.25, 0.3) is 0 Å². The van der Waals surface area contributed by atoms with E-state index < -0.39 is 6.09 Å². The zero-order valence-corrected chi connectivity index (χ0v) is 15.8. The first-order valence-corrected chi connectivity index (χ1v) is 9.06. The van der Waals surface area contributed by atoms with Crippen molar-refractivity contribution in [3.05, 3.63) is 29.8 Å². The fraction of sp³-hybridized carbons (Fsp3) is 0.632. The minimum atomic E-state index is -0.818. The lowest BCUT2D eigenvalue weighted by molar-refractivity contribution is 0.00578. The van der Waals surface area contributed by atoms with Gasteiger partial charge in [-0.25, -0.2) is 4.79 Å². The van der Waals surface area contributed by atoms with E-state index in [0.717, 1.165) is 18.3 Å². The van der Waals surface area contributed by atoms with Crippen LogP contribution in [-0.4, -0.2) is 47.0 Å². The molecule has 2 unspecified atom stereocenters. The molecule has 3 rings (SSSR count). The lowest BCUT2D eigenvalue weighted by atomic mass is 9.77. The maximum atomic E-state index is 11.2. The van der Waals surface area contributed by atoms with Crippen LogP contribution in [0.2, 0.25) is 0 Å². The summed E-state index contributed by atoms with van der Waals surface area (Å²) in [4.78, 5) is 12.7. The Hall–Kier alpha value is -1.53. The molecule has 2 aliphatic rings. The van der Waals surface area contributed by atoms with Crippen molar-refractivity contribution in [2.45, 2.75) is 70.6 Å². The van der Waals surface area contributed by atoms with Crippen molar-refractivity contribution in [2.75, 3.05) is 6.54 Å². The molecule has 1 aromatic carbocycles. The molecule has 1 amide bonds. The molecule has 0 radical (unpaired) electrons. The van der Waals surface area contributed by atoms with Gasteiger partial charge in [0.2, 0.25) is 0 Å². The van der Waals surface area contributed by atoms with Crippen molar-refractivity contribution < 1.29 is 19.2 Å². The van der Waals surface area contributed by atoms with Gasteiger partial charge < -0.3 is 19.3 Å². The summed E-state index contributed by atoms with van der Waals surface area (Å²) in [7, 11) is -0.341. The van der Waals surface area contributed by atoms with Crippen LogP contribution in [-0.2, 0) is 9.31 Å². The van der Waals surface area contributed by atoms with Crippen molar-refractivity contribution in [1.29, 1.82) is 0 Å². The van der Waals surface area contributed by atoms with Crippen LogP contribution < -0.4 is 5.46 Å². The molecule has 2 heterocycles. The minimum Gasteiger partial charge on any atom is -0.465 e. The Morgan fingerprint density at radius 3 is 2.20 bits per heavy atom. The molecule has 136 valence electrons. The number of nitrogens with zero attached hydrogens (tertiary/aromatic N) is 1. The first-order chi connectivity index (χ1) is 11.6. The second kappa shape index (κ2) is 6.33. The molecule has 0 spiro atoms. The van der Waals surface area contributed by atoms with Crippen molar-refractivity contribution in [1.82, 2.24) is 4.90 Å². The molecule has 2 fully saturated rings. The van der Waals surface area contributed by atoms with Crippen LogP contribution in [0, 0.1) is 0 Å². The van der Waals surface area contributed by atoms with E-state index in [2.05, 4.69) is 52.0 Å². The van der Waals surface area contributed by atoms with E-state index in [1.165, 1.54) is 10.5 Å². The number of carbonyl (C=O) groups is 1. The lowest BCUT2D eigenvalue weighted by Gasteiger charge is -2.36. The topological polar surface area (TPSA) is 59.0 Å². The fourth-order valence-corrected chi connectivity index (χ4v) is 3.66. The van der Waals surface area contributed by atoms with E-state index in [4.69, 9.17) is 9.31 Å². The Bertz CT molecular complexity index is 627. The Labute approximate surface area is 150 Å². The molecule has 25 heavy (non-hydrogen) atoms. The summed E-state index contributed by atoms with van der Waals surface area (Å²) in [6.45, 7) is 10.8. The number of amides is 1. The summed E-state index contributed by atoms with van der Waals surface area (Å²) in [5.74, 6) is 0.401. The first kappa shape index (κ1) is 18.3. The number of hydrogen-bond acceptors (Lipinski definition) is 3. The van der Waals surface area contributed by atoms with Crippen LogP contribution in [0.5, 0.6) is 0 Å². The predicted molar refractivity (Wildman–Crippen MR) is 98.3 cm³/mol. The minimum absolute atomic E-state index is 0.0547. The molecule has 2 aliphatic heterocycles. The quantitative estimate of drug-likeness (QED) is 0.836. The van der Waals surface area contributed by atoms with Crippen LogP contribution in [0.4, 0.5) is 4.79 Å². The summed E-state index contributed by atoms with van der Waals surface area (Å²) in [6, 6.07) is 8.47. The monoisotopic (exact) mass is 345 g/mol. The third-order valence-electron chi connectivity index (χ3n) is 6.06. The van der Waals surface area contributed by atoms with E-state index in [1.807, 2.05) is 6.92 Å². The van der Waals surface area contributed by atoms with Gasteiger partial charge in [-0.05, 0) is 64.4 Å². The molecular weight excluding hydrogens is 317 g/mol. The molecule has 1 aromatic rings. The van der Waals surface area contributed by atoms with Gasteiger partial charge >= 0.3 is 13.2 Å². The first-order valence-electron chi connectivity index (χ1n) is 9.06. The summed E-state index contributed by atoms with van der Waals surface area (Å²) in [5, 5.41) is 9.21. The average Bonchev–Trinajstić information content (AvgIpc) is 2.75. The smallest absolute Gasteiger partial charge is 0.465 e. The van der Waals surface area contributed by atoms with Crippen LogP contribution in [0.3, 0.4) is 0 Å². The summed E-state index contributed by atoms with van der Waals surface area (Å²) >= 11 is 0. The van der Waals surface area contributed by atoms with Crippen molar-refractivity contribution in [3.63, 3.8) is 0 Å². The third-order valence-corrected chi connectivity index (χ3v) is 6.06. The highest BCUT2D eigenvalue weighted by atomic mass is 16.7. The standard InChI is InChI=1S/C19H28BNO4/c1-13-12-15(10-11-21(13)17(22)23)14-6-8-16(9-7-14)20-24-18(2,3)19(4,5)25-20/h6-9,13,15H,10-12H2,1-5H3,(H,22,23). The third kappa shape index (κ3) is 3.42. The molecule has 0 aliphatic carbocycles. The summed E-state index contributed by atoms with van der Waals surface area (Å²) < 4.78 is 12.2. The van der Waals surface area contributed by atoms with E-state index >= 15 is 0 Å². The number of carboxylic acid groups (broad SMARTS) is 1. The van der Waals surface area contributed by atoms with E-state index in [0.29, 0.717) is 12.5 Å². The van der Waals surface area contributed by atoms with Crippen molar-refractivity contribution in [3.8, 4) is 0 Å². The van der Waals surface area contributed by atoms with E-state index in [9.17, 15) is 9.90 Å². The van der Waals surface area contributed by atoms with Crippen LogP contribution in [0.25, 0.3) is 0 Å². The van der Waals surface area contributed by atoms with Crippen LogP contribution in [0.1, 0.15) is 58.9 Å². The number of benzene rings is 1. The molecule has 5 nitrogen and oxygen atoms in total. The second-order valence-corrected chi connectivity index (χ2v) is 8.30. The van der Waals surface area contributed by atoms with Gasteiger partial charge in [0.1, 0.15) is 0 Å². The number of likely N-dealkylation sites (tertiary alicyclic amines) is 1. The van der Waals surface area contributed by atoms with Crippen LogP contribution in [0.15, 0.2) is 24.3 Å². The van der Waals surface area contributed by atoms with Gasteiger partial charge in [-0.15, -0.1) is 0 Å². The second-order valence-electron chi connectivity index (χ2n) is 8.30. The Kier molecular flexibility index (Phi) is 4.62. The normalized spacial score (nSPS) is 28.2. The average molecular weight is 345 g/mol. The Morgan fingerprint density at radius 1 is 1.16 bits per heavy atom. The van der Waals surface area contributed by atoms with Gasteiger partial charge in [0.05, 0.1) is 11.2 Å². The Morgan fingerprint density at radius 2 is 1.72 bits per heavy atom. The van der Waals surface area contributed by atoms with Crippen molar-refractivity contribution >= 4 is 18.7 Å². The van der Waals surface area contributed by atoms with Crippen LogP contribution >= 0.6 is 0 Å². The highest BCUT2D eigenvalue weighted by Gasteiger charge is 2.51.